The van der Waals surface area contributed by atoms with Crippen molar-refractivity contribution in [3.8, 4) is 0 Å². The molecule has 0 bridgehead atoms. The minimum atomic E-state index is -3.47. The number of nitrogens with two attached hydrogens (primary N) is 1. The third kappa shape index (κ3) is 2.91. The van der Waals surface area contributed by atoms with Crippen LogP contribution >= 0.6 is 0 Å². The van der Waals surface area contributed by atoms with Gasteiger partial charge in [-0.25, -0.2) is 8.42 Å². The summed E-state index contributed by atoms with van der Waals surface area (Å²) in [4.78, 5) is 0.257. The van der Waals surface area contributed by atoms with E-state index in [-0.39, 0.29) is 11.0 Å². The molecule has 1 aromatic rings. The molecule has 19 heavy (non-hydrogen) atoms. The van der Waals surface area contributed by atoms with E-state index in [0.717, 1.165) is 12.0 Å². The molecule has 6 heteroatoms. The second-order valence-electron chi connectivity index (χ2n) is 4.78. The molecule has 1 aliphatic heterocycles. The number of hydrogen-bond donors (Lipinski definition) is 1. The largest absolute Gasteiger partial charge is 0.398 e. The zero-order chi connectivity index (χ0) is 14.0. The van der Waals surface area contributed by atoms with Crippen LogP contribution in [0, 0.1) is 6.92 Å². The number of ether oxygens (including phenoxy) is 1. The van der Waals surface area contributed by atoms with Gasteiger partial charge in [-0.15, -0.1) is 0 Å². The Bertz CT molecular complexity index is 557. The minimum Gasteiger partial charge on any atom is -0.398 e. The Morgan fingerprint density at radius 1 is 1.47 bits per heavy atom. The van der Waals surface area contributed by atoms with Crippen molar-refractivity contribution in [3.63, 3.8) is 0 Å². The topological polar surface area (TPSA) is 72.6 Å². The summed E-state index contributed by atoms with van der Waals surface area (Å²) in [5, 5.41) is 0. The number of morpholine rings is 1. The van der Waals surface area contributed by atoms with Crippen molar-refractivity contribution in [2.24, 2.45) is 0 Å². The van der Waals surface area contributed by atoms with Gasteiger partial charge in [-0.1, -0.05) is 13.0 Å². The number of rotatable bonds is 3. The third-order valence-electron chi connectivity index (χ3n) is 3.45. The molecule has 2 rings (SSSR count). The molecule has 1 fully saturated rings. The smallest absolute Gasteiger partial charge is 0.243 e. The zero-order valence-corrected chi connectivity index (χ0v) is 12.1. The Morgan fingerprint density at radius 3 is 2.84 bits per heavy atom. The van der Waals surface area contributed by atoms with Crippen LogP contribution in [0.1, 0.15) is 18.9 Å². The Balaban J connectivity index is 2.28. The lowest BCUT2D eigenvalue weighted by Crippen LogP contribution is -2.45. The molecule has 106 valence electrons. The SMILES string of the molecule is CCC1CN(S(=O)(=O)c2ccc(C)c(N)c2)CCO1. The van der Waals surface area contributed by atoms with E-state index >= 15 is 0 Å². The fourth-order valence-electron chi connectivity index (χ4n) is 2.09. The van der Waals surface area contributed by atoms with Crippen LogP contribution in [0.4, 0.5) is 5.69 Å². The summed E-state index contributed by atoms with van der Waals surface area (Å²) >= 11 is 0. The molecule has 0 saturated carbocycles. The van der Waals surface area contributed by atoms with Gasteiger partial charge in [0, 0.05) is 18.8 Å². The molecular formula is C13H20N2O3S. The lowest BCUT2D eigenvalue weighted by atomic mass is 10.2. The molecule has 1 atom stereocenters. The monoisotopic (exact) mass is 284 g/mol. The molecule has 0 aliphatic carbocycles. The highest BCUT2D eigenvalue weighted by Crippen LogP contribution is 2.23. The van der Waals surface area contributed by atoms with Gasteiger partial charge in [0.25, 0.3) is 0 Å². The quantitative estimate of drug-likeness (QED) is 0.851. The summed E-state index contributed by atoms with van der Waals surface area (Å²) in [6.45, 7) is 5.09. The number of sulfonamides is 1. The summed E-state index contributed by atoms with van der Waals surface area (Å²) in [6, 6.07) is 4.87. The van der Waals surface area contributed by atoms with E-state index in [2.05, 4.69) is 0 Å². The number of hydrogen-bond acceptors (Lipinski definition) is 4. The van der Waals surface area contributed by atoms with Crippen LogP contribution in [0.15, 0.2) is 23.1 Å². The van der Waals surface area contributed by atoms with E-state index in [0.29, 0.717) is 25.4 Å². The maximum absolute atomic E-state index is 12.5. The number of benzene rings is 1. The van der Waals surface area contributed by atoms with Gasteiger partial charge in [-0.2, -0.15) is 4.31 Å². The Labute approximate surface area is 114 Å². The maximum atomic E-state index is 12.5. The van der Waals surface area contributed by atoms with Crippen molar-refractivity contribution in [2.45, 2.75) is 31.3 Å². The highest BCUT2D eigenvalue weighted by atomic mass is 32.2. The van der Waals surface area contributed by atoms with Crippen LogP contribution in [0.3, 0.4) is 0 Å². The number of aryl methyl sites for hydroxylation is 1. The van der Waals surface area contributed by atoms with E-state index in [1.807, 2.05) is 13.8 Å². The first-order valence-electron chi connectivity index (χ1n) is 6.43. The molecule has 0 spiro atoms. The average Bonchev–Trinajstić information content (AvgIpc) is 2.41. The van der Waals surface area contributed by atoms with Crippen molar-refractivity contribution in [3.05, 3.63) is 23.8 Å². The second kappa shape index (κ2) is 5.48. The Kier molecular flexibility index (Phi) is 4.13. The van der Waals surface area contributed by atoms with Gasteiger partial charge in [0.2, 0.25) is 10.0 Å². The van der Waals surface area contributed by atoms with Gasteiger partial charge in [0.1, 0.15) is 0 Å². The van der Waals surface area contributed by atoms with Crippen LogP contribution < -0.4 is 5.73 Å². The van der Waals surface area contributed by atoms with Crippen LogP contribution in [0.5, 0.6) is 0 Å². The lowest BCUT2D eigenvalue weighted by molar-refractivity contribution is -0.00277. The van der Waals surface area contributed by atoms with Crippen LogP contribution in [-0.4, -0.2) is 38.5 Å². The highest BCUT2D eigenvalue weighted by molar-refractivity contribution is 7.89. The molecule has 1 unspecified atom stereocenters. The third-order valence-corrected chi connectivity index (χ3v) is 5.31. The summed E-state index contributed by atoms with van der Waals surface area (Å²) in [7, 11) is -3.47. The lowest BCUT2D eigenvalue weighted by Gasteiger charge is -2.31. The van der Waals surface area contributed by atoms with Crippen LogP contribution in [0.2, 0.25) is 0 Å². The number of anilines is 1. The average molecular weight is 284 g/mol. The molecule has 5 nitrogen and oxygen atoms in total. The molecular weight excluding hydrogens is 264 g/mol. The van der Waals surface area contributed by atoms with Gasteiger partial charge in [0.15, 0.2) is 0 Å². The predicted molar refractivity (Wildman–Crippen MR) is 74.4 cm³/mol. The van der Waals surface area contributed by atoms with Gasteiger partial charge >= 0.3 is 0 Å². The first-order valence-corrected chi connectivity index (χ1v) is 7.87. The number of nitrogens with zero attached hydrogens (tertiary/aromatic N) is 1. The fraction of sp³-hybridized carbons (Fsp3) is 0.538. The van der Waals surface area contributed by atoms with E-state index in [1.54, 1.807) is 12.1 Å². The van der Waals surface area contributed by atoms with Gasteiger partial charge in [-0.05, 0) is 31.0 Å². The van der Waals surface area contributed by atoms with Crippen molar-refractivity contribution in [1.82, 2.24) is 4.31 Å². The van der Waals surface area contributed by atoms with E-state index < -0.39 is 10.0 Å². The Morgan fingerprint density at radius 2 is 2.21 bits per heavy atom. The zero-order valence-electron chi connectivity index (χ0n) is 11.3. The Hall–Kier alpha value is -1.11. The first-order chi connectivity index (χ1) is 8.95. The summed E-state index contributed by atoms with van der Waals surface area (Å²) in [6.07, 6.45) is 0.786. The number of nitrogen functional groups attached to an aromatic ring is 1. The van der Waals surface area contributed by atoms with Crippen LogP contribution in [-0.2, 0) is 14.8 Å². The summed E-state index contributed by atoms with van der Waals surface area (Å²) in [5.74, 6) is 0. The summed E-state index contributed by atoms with van der Waals surface area (Å²) < 4.78 is 32.0. The molecule has 1 aliphatic rings. The summed E-state index contributed by atoms with van der Waals surface area (Å²) in [5.41, 5.74) is 7.18. The van der Waals surface area contributed by atoms with Gasteiger partial charge in [-0.3, -0.25) is 0 Å². The fourth-order valence-corrected chi connectivity index (χ4v) is 3.58. The molecule has 1 aromatic carbocycles. The standard InChI is InChI=1S/C13H20N2O3S/c1-3-11-9-15(6-7-18-11)19(16,17)12-5-4-10(2)13(14)8-12/h4-5,8,11H,3,6-7,9,14H2,1-2H3. The highest BCUT2D eigenvalue weighted by Gasteiger charge is 2.30. The van der Waals surface area contributed by atoms with Crippen LogP contribution in [0.25, 0.3) is 0 Å². The first kappa shape index (κ1) is 14.3. The maximum Gasteiger partial charge on any atom is 0.243 e. The second-order valence-corrected chi connectivity index (χ2v) is 6.72. The van der Waals surface area contributed by atoms with Crippen molar-refractivity contribution >= 4 is 15.7 Å². The molecule has 0 aromatic heterocycles. The predicted octanol–water partition coefficient (Wildman–Crippen LogP) is 1.38. The van der Waals surface area contributed by atoms with E-state index in [1.165, 1.54) is 10.4 Å². The van der Waals surface area contributed by atoms with E-state index in [4.69, 9.17) is 10.5 Å². The van der Waals surface area contributed by atoms with Crippen molar-refractivity contribution in [2.75, 3.05) is 25.4 Å². The molecule has 2 N–H and O–H groups in total. The van der Waals surface area contributed by atoms with Crippen molar-refractivity contribution in [1.29, 1.82) is 0 Å². The molecule has 0 radical (unpaired) electrons. The molecule has 0 amide bonds. The van der Waals surface area contributed by atoms with E-state index in [9.17, 15) is 8.42 Å². The normalized spacial score (nSPS) is 21.5. The molecule has 1 saturated heterocycles. The molecule has 1 heterocycles. The van der Waals surface area contributed by atoms with Gasteiger partial charge < -0.3 is 10.5 Å². The van der Waals surface area contributed by atoms with Crippen molar-refractivity contribution < 1.29 is 13.2 Å². The van der Waals surface area contributed by atoms with Gasteiger partial charge in [0.05, 0.1) is 17.6 Å². The minimum absolute atomic E-state index is 0.0219.